The molecule has 3 rings (SSSR count). The Labute approximate surface area is 168 Å². The fourth-order valence-corrected chi connectivity index (χ4v) is 3.09. The molecule has 2 N–H and O–H groups in total. The number of benzene rings is 1. The van der Waals surface area contributed by atoms with Gasteiger partial charge in [0.1, 0.15) is 5.69 Å². The monoisotopic (exact) mass is 394 g/mol. The lowest BCUT2D eigenvalue weighted by Gasteiger charge is -2.12. The SMILES string of the molecule is Cc1cc(C)c(NC(=O)c2cc(C(=O)NCc3ccccn3)ccn2)c(Cl)c1. The van der Waals surface area contributed by atoms with Crippen LogP contribution in [0.15, 0.2) is 54.9 Å². The maximum absolute atomic E-state index is 12.6. The summed E-state index contributed by atoms with van der Waals surface area (Å²) in [5, 5.41) is 6.00. The van der Waals surface area contributed by atoms with Gasteiger partial charge in [0.15, 0.2) is 0 Å². The number of amides is 2. The fourth-order valence-electron chi connectivity index (χ4n) is 2.72. The standard InChI is InChI=1S/C21H19ClN4O2/c1-13-9-14(2)19(17(22)10-13)26-21(28)18-11-15(6-8-24-18)20(27)25-12-16-5-3-4-7-23-16/h3-11H,12H2,1-2H3,(H,25,27)(H,26,28). The molecule has 0 aliphatic heterocycles. The van der Waals surface area contributed by atoms with E-state index in [2.05, 4.69) is 20.6 Å². The highest BCUT2D eigenvalue weighted by atomic mass is 35.5. The van der Waals surface area contributed by atoms with Crippen molar-refractivity contribution in [2.24, 2.45) is 0 Å². The number of nitrogens with zero attached hydrogens (tertiary/aromatic N) is 2. The molecule has 7 heteroatoms. The highest BCUT2D eigenvalue weighted by molar-refractivity contribution is 6.34. The molecule has 3 aromatic rings. The lowest BCUT2D eigenvalue weighted by Crippen LogP contribution is -2.24. The van der Waals surface area contributed by atoms with Gasteiger partial charge < -0.3 is 10.6 Å². The molecule has 6 nitrogen and oxygen atoms in total. The van der Waals surface area contributed by atoms with E-state index in [4.69, 9.17) is 11.6 Å². The Morgan fingerprint density at radius 1 is 1.00 bits per heavy atom. The Balaban J connectivity index is 1.72. The molecule has 0 atom stereocenters. The van der Waals surface area contributed by atoms with Gasteiger partial charge in [-0.3, -0.25) is 19.6 Å². The van der Waals surface area contributed by atoms with Crippen LogP contribution in [0.5, 0.6) is 0 Å². The molecular weight excluding hydrogens is 376 g/mol. The molecule has 142 valence electrons. The molecule has 0 aliphatic rings. The number of carbonyl (C=O) groups is 2. The van der Waals surface area contributed by atoms with Crippen molar-refractivity contribution in [2.45, 2.75) is 20.4 Å². The Morgan fingerprint density at radius 3 is 2.54 bits per heavy atom. The zero-order valence-corrected chi connectivity index (χ0v) is 16.2. The summed E-state index contributed by atoms with van der Waals surface area (Å²) in [5.74, 6) is -0.750. The summed E-state index contributed by atoms with van der Waals surface area (Å²) in [4.78, 5) is 33.2. The van der Waals surface area contributed by atoms with E-state index >= 15 is 0 Å². The number of aryl methyl sites for hydroxylation is 2. The Kier molecular flexibility index (Phi) is 6.01. The fraction of sp³-hybridized carbons (Fsp3) is 0.143. The largest absolute Gasteiger partial charge is 0.346 e. The summed E-state index contributed by atoms with van der Waals surface area (Å²) in [7, 11) is 0. The Hall–Kier alpha value is -3.25. The summed E-state index contributed by atoms with van der Waals surface area (Å²) in [6.07, 6.45) is 3.09. The second-order valence-electron chi connectivity index (χ2n) is 6.33. The maximum Gasteiger partial charge on any atom is 0.274 e. The molecule has 0 saturated carbocycles. The minimum Gasteiger partial charge on any atom is -0.346 e. The predicted octanol–water partition coefficient (Wildman–Crippen LogP) is 3.93. The molecule has 1 aromatic carbocycles. The van der Waals surface area contributed by atoms with Gasteiger partial charge in [-0.1, -0.05) is 23.7 Å². The normalized spacial score (nSPS) is 10.4. The third-order valence-electron chi connectivity index (χ3n) is 4.08. The highest BCUT2D eigenvalue weighted by Gasteiger charge is 2.15. The van der Waals surface area contributed by atoms with Gasteiger partial charge >= 0.3 is 0 Å². The molecule has 0 aliphatic carbocycles. The molecule has 0 saturated heterocycles. The number of pyridine rings is 2. The van der Waals surface area contributed by atoms with Crippen molar-refractivity contribution < 1.29 is 9.59 Å². The summed E-state index contributed by atoms with van der Waals surface area (Å²) in [6, 6.07) is 12.2. The first-order valence-corrected chi connectivity index (χ1v) is 9.04. The van der Waals surface area contributed by atoms with Crippen LogP contribution in [0.4, 0.5) is 5.69 Å². The second kappa shape index (κ2) is 8.63. The van der Waals surface area contributed by atoms with Crippen LogP contribution < -0.4 is 10.6 Å². The summed E-state index contributed by atoms with van der Waals surface area (Å²) >= 11 is 6.24. The molecule has 0 fully saturated rings. The Bertz CT molecular complexity index is 999. The molecular formula is C21H19ClN4O2. The van der Waals surface area contributed by atoms with E-state index < -0.39 is 5.91 Å². The van der Waals surface area contributed by atoms with Crippen LogP contribution in [-0.2, 0) is 6.54 Å². The minimum atomic E-state index is -0.437. The van der Waals surface area contributed by atoms with E-state index in [1.807, 2.05) is 32.0 Å². The van der Waals surface area contributed by atoms with Gasteiger partial charge in [-0.25, -0.2) is 0 Å². The highest BCUT2D eigenvalue weighted by Crippen LogP contribution is 2.27. The van der Waals surface area contributed by atoms with Crippen molar-refractivity contribution in [1.82, 2.24) is 15.3 Å². The van der Waals surface area contributed by atoms with Crippen molar-refractivity contribution in [3.63, 3.8) is 0 Å². The first-order chi connectivity index (χ1) is 13.4. The van der Waals surface area contributed by atoms with Gasteiger partial charge in [0.25, 0.3) is 11.8 Å². The number of nitrogens with one attached hydrogen (secondary N) is 2. The van der Waals surface area contributed by atoms with Crippen molar-refractivity contribution in [2.75, 3.05) is 5.32 Å². The van der Waals surface area contributed by atoms with E-state index in [9.17, 15) is 9.59 Å². The average molecular weight is 395 g/mol. The minimum absolute atomic E-state index is 0.126. The van der Waals surface area contributed by atoms with E-state index in [1.54, 1.807) is 24.4 Å². The van der Waals surface area contributed by atoms with E-state index in [-0.39, 0.29) is 11.6 Å². The van der Waals surface area contributed by atoms with Crippen LogP contribution in [0.2, 0.25) is 5.02 Å². The van der Waals surface area contributed by atoms with E-state index in [0.29, 0.717) is 22.8 Å². The van der Waals surface area contributed by atoms with Crippen LogP contribution in [0, 0.1) is 13.8 Å². The molecule has 0 radical (unpaired) electrons. The number of halogens is 1. The predicted molar refractivity (Wildman–Crippen MR) is 109 cm³/mol. The third kappa shape index (κ3) is 4.72. The van der Waals surface area contributed by atoms with Crippen molar-refractivity contribution >= 4 is 29.1 Å². The lowest BCUT2D eigenvalue weighted by molar-refractivity contribution is 0.0950. The topological polar surface area (TPSA) is 84.0 Å². The number of rotatable bonds is 5. The molecule has 2 amide bonds. The number of hydrogen-bond donors (Lipinski definition) is 2. The maximum atomic E-state index is 12.6. The second-order valence-corrected chi connectivity index (χ2v) is 6.73. The van der Waals surface area contributed by atoms with Gasteiger partial charge in [0.05, 0.1) is 22.9 Å². The van der Waals surface area contributed by atoms with Crippen LogP contribution in [0.1, 0.15) is 37.7 Å². The van der Waals surface area contributed by atoms with Gasteiger partial charge in [-0.15, -0.1) is 0 Å². The van der Waals surface area contributed by atoms with E-state index in [0.717, 1.165) is 16.8 Å². The quantitative estimate of drug-likeness (QED) is 0.686. The van der Waals surface area contributed by atoms with Gasteiger partial charge in [-0.2, -0.15) is 0 Å². The van der Waals surface area contributed by atoms with Crippen LogP contribution in [0.25, 0.3) is 0 Å². The van der Waals surface area contributed by atoms with Gasteiger partial charge in [0.2, 0.25) is 0 Å². The van der Waals surface area contributed by atoms with Crippen LogP contribution in [-0.4, -0.2) is 21.8 Å². The zero-order chi connectivity index (χ0) is 20.1. The molecule has 2 aromatic heterocycles. The molecule has 28 heavy (non-hydrogen) atoms. The summed E-state index contributed by atoms with van der Waals surface area (Å²) in [6.45, 7) is 4.09. The average Bonchev–Trinajstić information content (AvgIpc) is 2.69. The first-order valence-electron chi connectivity index (χ1n) is 8.66. The number of anilines is 1. The molecule has 0 bridgehead atoms. The van der Waals surface area contributed by atoms with E-state index in [1.165, 1.54) is 12.3 Å². The summed E-state index contributed by atoms with van der Waals surface area (Å²) < 4.78 is 0. The third-order valence-corrected chi connectivity index (χ3v) is 4.38. The number of aromatic nitrogens is 2. The Morgan fingerprint density at radius 2 is 1.82 bits per heavy atom. The molecule has 2 heterocycles. The van der Waals surface area contributed by atoms with Crippen molar-refractivity contribution in [1.29, 1.82) is 0 Å². The van der Waals surface area contributed by atoms with Gasteiger partial charge in [0, 0.05) is 18.0 Å². The summed E-state index contributed by atoms with van der Waals surface area (Å²) in [5.41, 5.74) is 3.59. The molecule has 0 unspecified atom stereocenters. The zero-order valence-electron chi connectivity index (χ0n) is 15.5. The number of hydrogen-bond acceptors (Lipinski definition) is 4. The van der Waals surface area contributed by atoms with Gasteiger partial charge in [-0.05, 0) is 55.3 Å². The molecule has 0 spiro atoms. The van der Waals surface area contributed by atoms with Crippen molar-refractivity contribution in [3.05, 3.63) is 88.0 Å². The smallest absolute Gasteiger partial charge is 0.274 e. The lowest BCUT2D eigenvalue weighted by atomic mass is 10.1. The van der Waals surface area contributed by atoms with Crippen LogP contribution in [0.3, 0.4) is 0 Å². The first kappa shape index (κ1) is 19.5. The van der Waals surface area contributed by atoms with Crippen LogP contribution >= 0.6 is 11.6 Å². The number of carbonyl (C=O) groups excluding carboxylic acids is 2. The van der Waals surface area contributed by atoms with Crippen molar-refractivity contribution in [3.8, 4) is 0 Å².